The number of para-hydroxylation sites is 1. The molecule has 1 heterocycles. The van der Waals surface area contributed by atoms with Crippen molar-refractivity contribution in [3.8, 4) is 5.69 Å². The molecule has 19 heavy (non-hydrogen) atoms. The van der Waals surface area contributed by atoms with E-state index in [1.54, 1.807) is 10.8 Å². The SMILES string of the molecule is O=C1C=C(Sc2nnnn2-c2ccccc2)CCC1. The van der Waals surface area contributed by atoms with E-state index < -0.39 is 0 Å². The number of nitrogens with zero attached hydrogens (tertiary/aromatic N) is 4. The molecule has 0 radical (unpaired) electrons. The fourth-order valence-corrected chi connectivity index (χ4v) is 2.91. The lowest BCUT2D eigenvalue weighted by Crippen LogP contribution is -2.03. The summed E-state index contributed by atoms with van der Waals surface area (Å²) in [5.41, 5.74) is 0.915. The summed E-state index contributed by atoms with van der Waals surface area (Å²) < 4.78 is 1.69. The first-order valence-electron chi connectivity index (χ1n) is 6.08. The molecule has 2 aromatic rings. The van der Waals surface area contributed by atoms with E-state index >= 15 is 0 Å². The van der Waals surface area contributed by atoms with Gasteiger partial charge in [0.1, 0.15) is 0 Å². The van der Waals surface area contributed by atoms with E-state index in [0.29, 0.717) is 11.6 Å². The lowest BCUT2D eigenvalue weighted by molar-refractivity contribution is -0.115. The molecule has 0 atom stereocenters. The number of rotatable bonds is 3. The normalized spacial score (nSPS) is 15.4. The minimum Gasteiger partial charge on any atom is -0.295 e. The zero-order valence-corrected chi connectivity index (χ0v) is 11.0. The topological polar surface area (TPSA) is 60.7 Å². The standard InChI is InChI=1S/C13H12N4OS/c18-11-7-4-8-12(9-11)19-13-14-15-16-17(13)10-5-2-1-3-6-10/h1-3,5-6,9H,4,7-8H2. The van der Waals surface area contributed by atoms with Crippen molar-refractivity contribution < 1.29 is 4.79 Å². The molecular formula is C13H12N4OS. The van der Waals surface area contributed by atoms with Crippen molar-refractivity contribution >= 4 is 17.5 Å². The van der Waals surface area contributed by atoms with Crippen LogP contribution >= 0.6 is 11.8 Å². The molecule has 3 rings (SSSR count). The lowest BCUT2D eigenvalue weighted by atomic mass is 10.1. The summed E-state index contributed by atoms with van der Waals surface area (Å²) in [5.74, 6) is 0.187. The summed E-state index contributed by atoms with van der Waals surface area (Å²) in [5, 5.41) is 12.4. The maximum atomic E-state index is 11.4. The molecule has 0 spiro atoms. The number of tetrazole rings is 1. The van der Waals surface area contributed by atoms with Crippen LogP contribution in [-0.2, 0) is 4.79 Å². The smallest absolute Gasteiger partial charge is 0.218 e. The van der Waals surface area contributed by atoms with Crippen LogP contribution in [-0.4, -0.2) is 26.0 Å². The molecule has 0 amide bonds. The number of thioether (sulfide) groups is 1. The number of hydrogen-bond donors (Lipinski definition) is 0. The molecule has 5 nitrogen and oxygen atoms in total. The number of allylic oxidation sites excluding steroid dienone is 2. The van der Waals surface area contributed by atoms with Gasteiger partial charge in [-0.15, -0.1) is 5.10 Å². The van der Waals surface area contributed by atoms with Gasteiger partial charge in [-0.3, -0.25) is 4.79 Å². The number of carbonyl (C=O) groups excluding carboxylic acids is 1. The number of aromatic nitrogens is 4. The van der Waals surface area contributed by atoms with Crippen LogP contribution in [0.3, 0.4) is 0 Å². The second kappa shape index (κ2) is 5.36. The van der Waals surface area contributed by atoms with Crippen LogP contribution in [0.25, 0.3) is 5.69 Å². The van der Waals surface area contributed by atoms with Crippen LogP contribution < -0.4 is 0 Å². The molecule has 96 valence electrons. The van der Waals surface area contributed by atoms with Crippen molar-refractivity contribution in [2.24, 2.45) is 0 Å². The van der Waals surface area contributed by atoms with Gasteiger partial charge in [0.15, 0.2) is 5.78 Å². The highest BCUT2D eigenvalue weighted by Gasteiger charge is 2.15. The van der Waals surface area contributed by atoms with Gasteiger partial charge in [0, 0.05) is 6.42 Å². The highest BCUT2D eigenvalue weighted by molar-refractivity contribution is 8.03. The van der Waals surface area contributed by atoms with Crippen molar-refractivity contribution in [3.05, 3.63) is 41.3 Å². The van der Waals surface area contributed by atoms with Crippen LogP contribution in [0.1, 0.15) is 19.3 Å². The van der Waals surface area contributed by atoms with E-state index in [2.05, 4.69) is 15.5 Å². The summed E-state index contributed by atoms with van der Waals surface area (Å²) in [4.78, 5) is 12.4. The minimum atomic E-state index is 0.187. The maximum Gasteiger partial charge on any atom is 0.218 e. The van der Waals surface area contributed by atoms with Crippen molar-refractivity contribution in [2.45, 2.75) is 24.4 Å². The number of ketones is 1. The van der Waals surface area contributed by atoms with Gasteiger partial charge in [-0.2, -0.15) is 4.68 Å². The molecule has 0 aliphatic heterocycles. The van der Waals surface area contributed by atoms with E-state index in [1.807, 2.05) is 30.3 Å². The molecule has 6 heteroatoms. The molecule has 0 fully saturated rings. The molecule has 0 saturated heterocycles. The average Bonchev–Trinajstić information content (AvgIpc) is 2.88. The third-order valence-electron chi connectivity index (χ3n) is 2.83. The van der Waals surface area contributed by atoms with E-state index in [-0.39, 0.29) is 5.78 Å². The monoisotopic (exact) mass is 272 g/mol. The predicted octanol–water partition coefficient (Wildman–Crippen LogP) is 2.39. The van der Waals surface area contributed by atoms with E-state index in [0.717, 1.165) is 23.4 Å². The molecule has 1 aliphatic carbocycles. The van der Waals surface area contributed by atoms with Crippen LogP contribution in [0.4, 0.5) is 0 Å². The minimum absolute atomic E-state index is 0.187. The van der Waals surface area contributed by atoms with Crippen LogP contribution in [0.15, 0.2) is 46.5 Å². The Morgan fingerprint density at radius 1 is 1.16 bits per heavy atom. The van der Waals surface area contributed by atoms with E-state index in [1.165, 1.54) is 11.8 Å². The van der Waals surface area contributed by atoms with Gasteiger partial charge in [-0.1, -0.05) is 30.0 Å². The zero-order valence-electron chi connectivity index (χ0n) is 10.2. The number of benzene rings is 1. The molecule has 0 N–H and O–H groups in total. The quantitative estimate of drug-likeness (QED) is 0.858. The zero-order chi connectivity index (χ0) is 13.1. The fraction of sp³-hybridized carbons (Fsp3) is 0.231. The van der Waals surface area contributed by atoms with Crippen molar-refractivity contribution in [3.63, 3.8) is 0 Å². The van der Waals surface area contributed by atoms with Gasteiger partial charge < -0.3 is 0 Å². The number of carbonyl (C=O) groups is 1. The first-order valence-corrected chi connectivity index (χ1v) is 6.89. The van der Waals surface area contributed by atoms with Gasteiger partial charge in [0.2, 0.25) is 5.16 Å². The van der Waals surface area contributed by atoms with Crippen molar-refractivity contribution in [1.29, 1.82) is 0 Å². The fourth-order valence-electron chi connectivity index (χ4n) is 1.93. The van der Waals surface area contributed by atoms with Crippen molar-refractivity contribution in [1.82, 2.24) is 20.2 Å². The Labute approximate surface area is 114 Å². The first-order chi connectivity index (χ1) is 9.33. The Morgan fingerprint density at radius 3 is 2.79 bits per heavy atom. The van der Waals surface area contributed by atoms with Crippen LogP contribution in [0.2, 0.25) is 0 Å². The molecular weight excluding hydrogens is 260 g/mol. The van der Waals surface area contributed by atoms with Crippen LogP contribution in [0, 0.1) is 0 Å². The van der Waals surface area contributed by atoms with E-state index in [4.69, 9.17) is 0 Å². The average molecular weight is 272 g/mol. The molecule has 1 aromatic carbocycles. The molecule has 0 saturated carbocycles. The summed E-state index contributed by atoms with van der Waals surface area (Å²) in [6.45, 7) is 0. The van der Waals surface area contributed by atoms with Crippen LogP contribution in [0.5, 0.6) is 0 Å². The molecule has 0 unspecified atom stereocenters. The predicted molar refractivity (Wildman–Crippen MR) is 72.0 cm³/mol. The lowest BCUT2D eigenvalue weighted by Gasteiger charge is -2.10. The number of hydrogen-bond acceptors (Lipinski definition) is 5. The second-order valence-corrected chi connectivity index (χ2v) is 5.34. The Bertz CT molecular complexity index is 621. The summed E-state index contributed by atoms with van der Waals surface area (Å²) in [7, 11) is 0. The highest BCUT2D eigenvalue weighted by atomic mass is 32.2. The Morgan fingerprint density at radius 2 is 2.00 bits per heavy atom. The van der Waals surface area contributed by atoms with E-state index in [9.17, 15) is 4.79 Å². The third-order valence-corrected chi connectivity index (χ3v) is 3.85. The van der Waals surface area contributed by atoms with Gasteiger partial charge in [-0.05, 0) is 46.4 Å². The maximum absolute atomic E-state index is 11.4. The summed E-state index contributed by atoms with van der Waals surface area (Å²) in [6.07, 6.45) is 4.18. The molecule has 1 aliphatic rings. The largest absolute Gasteiger partial charge is 0.295 e. The first kappa shape index (κ1) is 12.1. The van der Waals surface area contributed by atoms with Gasteiger partial charge >= 0.3 is 0 Å². The van der Waals surface area contributed by atoms with Crippen molar-refractivity contribution in [2.75, 3.05) is 0 Å². The van der Waals surface area contributed by atoms with Gasteiger partial charge in [-0.25, -0.2) is 0 Å². The Hall–Kier alpha value is -1.95. The van der Waals surface area contributed by atoms with Gasteiger partial charge in [0.05, 0.1) is 5.69 Å². The Kier molecular flexibility index (Phi) is 3.41. The molecule has 0 bridgehead atoms. The molecule has 1 aromatic heterocycles. The second-order valence-electron chi connectivity index (χ2n) is 4.24. The third kappa shape index (κ3) is 2.73. The summed E-state index contributed by atoms with van der Waals surface area (Å²) >= 11 is 1.46. The summed E-state index contributed by atoms with van der Waals surface area (Å²) in [6, 6.07) is 9.72. The highest BCUT2D eigenvalue weighted by Crippen LogP contribution is 2.31. The van der Waals surface area contributed by atoms with Gasteiger partial charge in [0.25, 0.3) is 0 Å². The Balaban J connectivity index is 1.87.